The molecule has 2 N–H and O–H groups in total. The molecule has 0 aromatic carbocycles. The van der Waals surface area contributed by atoms with E-state index in [1.807, 2.05) is 10.8 Å². The molecule has 0 spiro atoms. The lowest BCUT2D eigenvalue weighted by molar-refractivity contribution is -0.132. The Morgan fingerprint density at radius 2 is 2.44 bits per heavy atom. The lowest BCUT2D eigenvalue weighted by atomic mass is 9.75. The van der Waals surface area contributed by atoms with Gasteiger partial charge in [0.25, 0.3) is 0 Å². The van der Waals surface area contributed by atoms with Crippen LogP contribution in [0.2, 0.25) is 0 Å². The van der Waals surface area contributed by atoms with Crippen molar-refractivity contribution in [2.75, 3.05) is 19.6 Å². The third kappa shape index (κ3) is 2.56. The topological polar surface area (TPSA) is 59.0 Å². The Morgan fingerprint density at radius 3 is 3.00 bits per heavy atom. The Kier molecular flexibility index (Phi) is 4.01. The maximum Gasteiger partial charge on any atom is 0.227 e. The predicted molar refractivity (Wildman–Crippen MR) is 70.0 cm³/mol. The number of hydrogen-bond donors (Lipinski definition) is 2. The predicted octanol–water partition coefficient (Wildman–Crippen LogP) is 0.635. The van der Waals surface area contributed by atoms with Crippen molar-refractivity contribution >= 4 is 5.91 Å². The van der Waals surface area contributed by atoms with Crippen molar-refractivity contribution in [1.82, 2.24) is 20.2 Å². The molecule has 1 aliphatic rings. The number of rotatable bonds is 5. The summed E-state index contributed by atoms with van der Waals surface area (Å²) >= 11 is 0. The summed E-state index contributed by atoms with van der Waals surface area (Å²) < 4.78 is 1.97. The van der Waals surface area contributed by atoms with Gasteiger partial charge in [-0.15, -0.1) is 0 Å². The molecule has 1 aromatic heterocycles. The standard InChI is InChI=1S/C13H22N4O/c1-11(2)13(3-4-14-9-13)12(18)16-6-8-17-7-5-15-10-17/h5,7,10-11,14H,3-4,6,8-9H2,1-2H3,(H,16,18). The first-order chi connectivity index (χ1) is 8.65. The van der Waals surface area contributed by atoms with Gasteiger partial charge >= 0.3 is 0 Å². The maximum absolute atomic E-state index is 12.4. The number of aromatic nitrogens is 2. The minimum atomic E-state index is -0.227. The summed E-state index contributed by atoms with van der Waals surface area (Å²) in [5.74, 6) is 0.545. The summed E-state index contributed by atoms with van der Waals surface area (Å²) in [6.07, 6.45) is 6.35. The van der Waals surface area contributed by atoms with Crippen LogP contribution < -0.4 is 10.6 Å². The highest BCUT2D eigenvalue weighted by Gasteiger charge is 2.43. The second-order valence-corrected chi connectivity index (χ2v) is 5.29. The van der Waals surface area contributed by atoms with Gasteiger partial charge in [0.2, 0.25) is 5.91 Å². The van der Waals surface area contributed by atoms with E-state index in [4.69, 9.17) is 0 Å². The Labute approximate surface area is 108 Å². The smallest absolute Gasteiger partial charge is 0.227 e. The first kappa shape index (κ1) is 13.1. The molecule has 0 bridgehead atoms. The molecule has 5 nitrogen and oxygen atoms in total. The molecule has 1 aliphatic heterocycles. The van der Waals surface area contributed by atoms with Crippen molar-refractivity contribution in [2.45, 2.75) is 26.8 Å². The van der Waals surface area contributed by atoms with E-state index in [0.717, 1.165) is 26.1 Å². The van der Waals surface area contributed by atoms with Crippen LogP contribution in [0.1, 0.15) is 20.3 Å². The van der Waals surface area contributed by atoms with Crippen molar-refractivity contribution in [3.8, 4) is 0 Å². The Balaban J connectivity index is 1.86. The van der Waals surface area contributed by atoms with Crippen LogP contribution in [0.3, 0.4) is 0 Å². The molecular weight excluding hydrogens is 228 g/mol. The quantitative estimate of drug-likeness (QED) is 0.806. The molecule has 1 aromatic rings. The molecule has 5 heteroatoms. The molecule has 0 saturated carbocycles. The second-order valence-electron chi connectivity index (χ2n) is 5.29. The third-order valence-corrected chi connectivity index (χ3v) is 3.96. The van der Waals surface area contributed by atoms with Gasteiger partial charge in [-0.25, -0.2) is 4.98 Å². The van der Waals surface area contributed by atoms with E-state index >= 15 is 0 Å². The van der Waals surface area contributed by atoms with Crippen LogP contribution in [0.15, 0.2) is 18.7 Å². The molecule has 1 fully saturated rings. The van der Waals surface area contributed by atoms with Crippen LogP contribution in [0.25, 0.3) is 0 Å². The summed E-state index contributed by atoms with van der Waals surface area (Å²) in [4.78, 5) is 16.3. The van der Waals surface area contributed by atoms with Gasteiger partial charge in [0.05, 0.1) is 11.7 Å². The third-order valence-electron chi connectivity index (χ3n) is 3.96. The largest absolute Gasteiger partial charge is 0.354 e. The molecule has 18 heavy (non-hydrogen) atoms. The number of hydrogen-bond acceptors (Lipinski definition) is 3. The number of amides is 1. The molecule has 1 saturated heterocycles. The number of nitrogens with zero attached hydrogens (tertiary/aromatic N) is 2. The minimum Gasteiger partial charge on any atom is -0.354 e. The summed E-state index contributed by atoms with van der Waals surface area (Å²) in [7, 11) is 0. The zero-order chi connectivity index (χ0) is 13.0. The first-order valence-electron chi connectivity index (χ1n) is 6.60. The van der Waals surface area contributed by atoms with Crippen molar-refractivity contribution in [3.63, 3.8) is 0 Å². The van der Waals surface area contributed by atoms with Crippen LogP contribution >= 0.6 is 0 Å². The summed E-state index contributed by atoms with van der Waals surface area (Å²) in [6.45, 7) is 7.41. The van der Waals surface area contributed by atoms with Gasteiger partial charge in [0.15, 0.2) is 0 Å². The molecule has 100 valence electrons. The van der Waals surface area contributed by atoms with E-state index in [2.05, 4.69) is 29.5 Å². The van der Waals surface area contributed by atoms with Crippen LogP contribution in [0.4, 0.5) is 0 Å². The monoisotopic (exact) mass is 250 g/mol. The summed E-state index contributed by atoms with van der Waals surface area (Å²) in [6, 6.07) is 0. The van der Waals surface area contributed by atoms with Crippen molar-refractivity contribution in [3.05, 3.63) is 18.7 Å². The SMILES string of the molecule is CC(C)C1(C(=O)NCCn2ccnc2)CCNC1. The molecular formula is C13H22N4O. The zero-order valence-electron chi connectivity index (χ0n) is 11.1. The van der Waals surface area contributed by atoms with Crippen molar-refractivity contribution < 1.29 is 4.79 Å². The zero-order valence-corrected chi connectivity index (χ0v) is 11.1. The molecule has 2 rings (SSSR count). The lowest BCUT2D eigenvalue weighted by Crippen LogP contribution is -2.46. The van der Waals surface area contributed by atoms with E-state index < -0.39 is 0 Å². The minimum absolute atomic E-state index is 0.183. The molecule has 2 heterocycles. The fourth-order valence-corrected chi connectivity index (χ4v) is 2.55. The number of imidazole rings is 1. The van der Waals surface area contributed by atoms with Gasteiger partial charge in [-0.1, -0.05) is 13.8 Å². The molecule has 1 unspecified atom stereocenters. The number of nitrogens with one attached hydrogen (secondary N) is 2. The van der Waals surface area contributed by atoms with Gasteiger partial charge in [-0.3, -0.25) is 4.79 Å². The van der Waals surface area contributed by atoms with Crippen molar-refractivity contribution in [2.24, 2.45) is 11.3 Å². The Bertz CT molecular complexity index is 380. The number of carbonyl (C=O) groups is 1. The van der Waals surface area contributed by atoms with E-state index in [-0.39, 0.29) is 11.3 Å². The van der Waals surface area contributed by atoms with Crippen LogP contribution in [0.5, 0.6) is 0 Å². The second kappa shape index (κ2) is 5.52. The van der Waals surface area contributed by atoms with Crippen molar-refractivity contribution in [1.29, 1.82) is 0 Å². The van der Waals surface area contributed by atoms with E-state index in [1.165, 1.54) is 0 Å². The van der Waals surface area contributed by atoms with Gasteiger partial charge in [0, 0.05) is 32.0 Å². The Morgan fingerprint density at radius 1 is 1.61 bits per heavy atom. The average Bonchev–Trinajstić information content (AvgIpc) is 3.00. The number of carbonyl (C=O) groups excluding carboxylic acids is 1. The fourth-order valence-electron chi connectivity index (χ4n) is 2.55. The van der Waals surface area contributed by atoms with Gasteiger partial charge < -0.3 is 15.2 Å². The highest BCUT2D eigenvalue weighted by Crippen LogP contribution is 2.34. The fraction of sp³-hybridized carbons (Fsp3) is 0.692. The Hall–Kier alpha value is -1.36. The van der Waals surface area contributed by atoms with Crippen LogP contribution in [-0.2, 0) is 11.3 Å². The normalized spacial score (nSPS) is 23.5. The van der Waals surface area contributed by atoms with Gasteiger partial charge in [-0.2, -0.15) is 0 Å². The highest BCUT2D eigenvalue weighted by atomic mass is 16.2. The molecule has 0 aliphatic carbocycles. The first-order valence-corrected chi connectivity index (χ1v) is 6.60. The highest BCUT2D eigenvalue weighted by molar-refractivity contribution is 5.83. The average molecular weight is 250 g/mol. The van der Waals surface area contributed by atoms with Crippen LogP contribution in [-0.4, -0.2) is 35.1 Å². The summed E-state index contributed by atoms with van der Waals surface area (Å²) in [5, 5.41) is 6.36. The van der Waals surface area contributed by atoms with E-state index in [0.29, 0.717) is 12.5 Å². The molecule has 1 amide bonds. The van der Waals surface area contributed by atoms with E-state index in [9.17, 15) is 4.79 Å². The van der Waals surface area contributed by atoms with Gasteiger partial charge in [0.1, 0.15) is 0 Å². The van der Waals surface area contributed by atoms with Crippen LogP contribution in [0, 0.1) is 11.3 Å². The van der Waals surface area contributed by atoms with Gasteiger partial charge in [-0.05, 0) is 18.9 Å². The lowest BCUT2D eigenvalue weighted by Gasteiger charge is -2.31. The maximum atomic E-state index is 12.4. The van der Waals surface area contributed by atoms with E-state index in [1.54, 1.807) is 12.5 Å². The molecule has 0 radical (unpaired) electrons. The molecule has 1 atom stereocenters. The summed E-state index contributed by atoms with van der Waals surface area (Å²) in [5.41, 5.74) is -0.227.